The SMILES string of the molecule is CNC(=O)c1ccc(-c2ccc(NC(=O)NCc3cccnc3)cc2)nc1Nc1cccnc1. The molecule has 9 nitrogen and oxygen atoms in total. The second-order valence-electron chi connectivity index (χ2n) is 7.28. The van der Waals surface area contributed by atoms with E-state index in [-0.39, 0.29) is 11.9 Å². The number of anilines is 3. The fourth-order valence-electron chi connectivity index (χ4n) is 3.19. The lowest BCUT2D eigenvalue weighted by atomic mass is 10.1. The Bertz CT molecular complexity index is 1260. The van der Waals surface area contributed by atoms with Gasteiger partial charge in [0.1, 0.15) is 5.82 Å². The van der Waals surface area contributed by atoms with E-state index < -0.39 is 0 Å². The van der Waals surface area contributed by atoms with Gasteiger partial charge >= 0.3 is 6.03 Å². The maximum absolute atomic E-state index is 12.3. The molecule has 4 aromatic rings. The van der Waals surface area contributed by atoms with Gasteiger partial charge in [-0.1, -0.05) is 18.2 Å². The summed E-state index contributed by atoms with van der Waals surface area (Å²) in [5, 5.41) is 11.4. The molecule has 3 amide bonds. The summed E-state index contributed by atoms with van der Waals surface area (Å²) >= 11 is 0. The van der Waals surface area contributed by atoms with Crippen LogP contribution in [0.1, 0.15) is 15.9 Å². The molecule has 3 heterocycles. The molecular formula is C25H23N7O2. The molecule has 3 aromatic heterocycles. The van der Waals surface area contributed by atoms with Gasteiger partial charge in [-0.25, -0.2) is 9.78 Å². The molecule has 0 unspecified atom stereocenters. The van der Waals surface area contributed by atoms with Gasteiger partial charge < -0.3 is 21.3 Å². The van der Waals surface area contributed by atoms with E-state index in [1.54, 1.807) is 62.2 Å². The summed E-state index contributed by atoms with van der Waals surface area (Å²) in [6, 6.07) is 17.8. The molecule has 1 aromatic carbocycles. The van der Waals surface area contributed by atoms with Crippen molar-refractivity contribution in [3.63, 3.8) is 0 Å². The Labute approximate surface area is 196 Å². The molecule has 0 fully saturated rings. The molecule has 0 aliphatic rings. The summed E-state index contributed by atoms with van der Waals surface area (Å²) in [6.45, 7) is 0.381. The van der Waals surface area contributed by atoms with E-state index in [0.29, 0.717) is 35.0 Å². The maximum atomic E-state index is 12.3. The van der Waals surface area contributed by atoms with Gasteiger partial charge in [-0.3, -0.25) is 14.8 Å². The number of urea groups is 1. The molecule has 34 heavy (non-hydrogen) atoms. The minimum atomic E-state index is -0.312. The van der Waals surface area contributed by atoms with Crippen molar-refractivity contribution in [3.8, 4) is 11.3 Å². The van der Waals surface area contributed by atoms with Crippen LogP contribution in [-0.4, -0.2) is 33.9 Å². The molecule has 0 bridgehead atoms. The van der Waals surface area contributed by atoms with Gasteiger partial charge in [-0.2, -0.15) is 0 Å². The fraction of sp³-hybridized carbons (Fsp3) is 0.0800. The van der Waals surface area contributed by atoms with Crippen molar-refractivity contribution in [2.24, 2.45) is 0 Å². The highest BCUT2D eigenvalue weighted by molar-refractivity contribution is 5.99. The highest BCUT2D eigenvalue weighted by atomic mass is 16.2. The average Bonchev–Trinajstić information content (AvgIpc) is 2.89. The van der Waals surface area contributed by atoms with E-state index >= 15 is 0 Å². The Morgan fingerprint density at radius 2 is 1.62 bits per heavy atom. The van der Waals surface area contributed by atoms with Crippen LogP contribution in [0.3, 0.4) is 0 Å². The quantitative estimate of drug-likeness (QED) is 0.336. The van der Waals surface area contributed by atoms with Gasteiger partial charge in [-0.15, -0.1) is 0 Å². The lowest BCUT2D eigenvalue weighted by Crippen LogP contribution is -2.28. The molecule has 4 N–H and O–H groups in total. The standard InChI is InChI=1S/C25H23N7O2/c1-26-24(33)21-10-11-22(32-23(21)30-20-5-3-13-28-16-20)18-6-8-19(9-7-18)31-25(34)29-15-17-4-2-12-27-14-17/h2-14,16H,15H2,1H3,(H,26,33)(H,30,32)(H2,29,31,34). The van der Waals surface area contributed by atoms with Crippen molar-refractivity contribution in [1.82, 2.24) is 25.6 Å². The largest absolute Gasteiger partial charge is 0.355 e. The summed E-state index contributed by atoms with van der Waals surface area (Å²) in [4.78, 5) is 37.3. The zero-order valence-corrected chi connectivity index (χ0v) is 18.4. The van der Waals surface area contributed by atoms with E-state index in [2.05, 4.69) is 36.2 Å². The third-order valence-electron chi connectivity index (χ3n) is 4.91. The first kappa shape index (κ1) is 22.4. The van der Waals surface area contributed by atoms with Crippen molar-refractivity contribution < 1.29 is 9.59 Å². The molecule has 170 valence electrons. The Morgan fingerprint density at radius 1 is 0.853 bits per heavy atom. The minimum absolute atomic E-state index is 0.248. The third-order valence-corrected chi connectivity index (χ3v) is 4.91. The predicted octanol–water partition coefficient (Wildman–Crippen LogP) is 3.96. The monoisotopic (exact) mass is 453 g/mol. The summed E-state index contributed by atoms with van der Waals surface area (Å²) in [7, 11) is 1.57. The first-order chi connectivity index (χ1) is 16.6. The van der Waals surface area contributed by atoms with Gasteiger partial charge in [0.05, 0.1) is 23.1 Å². The summed E-state index contributed by atoms with van der Waals surface area (Å²) in [6.07, 6.45) is 6.71. The van der Waals surface area contributed by atoms with Crippen LogP contribution in [0.25, 0.3) is 11.3 Å². The molecule has 0 aliphatic heterocycles. The van der Waals surface area contributed by atoms with Gasteiger partial charge in [0.2, 0.25) is 0 Å². The summed E-state index contributed by atoms with van der Waals surface area (Å²) in [5.41, 5.74) is 4.19. The number of carbonyl (C=O) groups is 2. The molecule has 0 radical (unpaired) electrons. The first-order valence-electron chi connectivity index (χ1n) is 10.6. The van der Waals surface area contributed by atoms with Crippen LogP contribution in [0, 0.1) is 0 Å². The minimum Gasteiger partial charge on any atom is -0.355 e. The summed E-state index contributed by atoms with van der Waals surface area (Å²) < 4.78 is 0. The first-order valence-corrected chi connectivity index (χ1v) is 10.6. The fourth-order valence-corrected chi connectivity index (χ4v) is 3.19. The molecule has 0 saturated carbocycles. The molecule has 0 atom stereocenters. The number of pyridine rings is 3. The van der Waals surface area contributed by atoms with E-state index in [0.717, 1.165) is 11.1 Å². The number of hydrogen-bond donors (Lipinski definition) is 4. The predicted molar refractivity (Wildman–Crippen MR) is 131 cm³/mol. The Hall–Kier alpha value is -4.79. The van der Waals surface area contributed by atoms with E-state index in [1.807, 2.05) is 30.3 Å². The number of rotatable bonds is 7. The van der Waals surface area contributed by atoms with Gasteiger partial charge in [0.15, 0.2) is 0 Å². The zero-order valence-electron chi connectivity index (χ0n) is 18.4. The van der Waals surface area contributed by atoms with Crippen molar-refractivity contribution in [1.29, 1.82) is 0 Å². The number of aromatic nitrogens is 3. The van der Waals surface area contributed by atoms with Gasteiger partial charge in [0, 0.05) is 43.4 Å². The second kappa shape index (κ2) is 10.7. The molecule has 0 saturated heterocycles. The van der Waals surface area contributed by atoms with Gasteiger partial charge in [-0.05, 0) is 48.0 Å². The Kier molecular flexibility index (Phi) is 7.04. The maximum Gasteiger partial charge on any atom is 0.319 e. The van der Waals surface area contributed by atoms with Crippen LogP contribution < -0.4 is 21.3 Å². The number of hydrogen-bond acceptors (Lipinski definition) is 6. The molecule has 4 rings (SSSR count). The molecule has 0 aliphatic carbocycles. The normalized spacial score (nSPS) is 10.3. The molecular weight excluding hydrogens is 430 g/mol. The number of benzene rings is 1. The van der Waals surface area contributed by atoms with Crippen LogP contribution in [0.15, 0.2) is 85.5 Å². The summed E-state index contributed by atoms with van der Waals surface area (Å²) in [5.74, 6) is 0.170. The van der Waals surface area contributed by atoms with E-state index in [4.69, 9.17) is 0 Å². The highest BCUT2D eigenvalue weighted by Gasteiger charge is 2.14. The van der Waals surface area contributed by atoms with Crippen molar-refractivity contribution in [2.45, 2.75) is 6.54 Å². The topological polar surface area (TPSA) is 121 Å². The van der Waals surface area contributed by atoms with E-state index in [9.17, 15) is 9.59 Å². The van der Waals surface area contributed by atoms with Crippen molar-refractivity contribution in [3.05, 3.63) is 96.6 Å². The van der Waals surface area contributed by atoms with Crippen LogP contribution in [0.5, 0.6) is 0 Å². The molecule has 9 heteroatoms. The van der Waals surface area contributed by atoms with E-state index in [1.165, 1.54) is 0 Å². The second-order valence-corrected chi connectivity index (χ2v) is 7.28. The van der Waals surface area contributed by atoms with Crippen LogP contribution in [0.2, 0.25) is 0 Å². The highest BCUT2D eigenvalue weighted by Crippen LogP contribution is 2.25. The Balaban J connectivity index is 1.47. The van der Waals surface area contributed by atoms with Crippen LogP contribution in [-0.2, 0) is 6.54 Å². The number of carbonyl (C=O) groups excluding carboxylic acids is 2. The van der Waals surface area contributed by atoms with Crippen LogP contribution in [0.4, 0.5) is 22.0 Å². The smallest absolute Gasteiger partial charge is 0.319 e. The lowest BCUT2D eigenvalue weighted by molar-refractivity contribution is 0.0963. The number of amides is 3. The zero-order chi connectivity index (χ0) is 23.8. The van der Waals surface area contributed by atoms with Crippen LogP contribution >= 0.6 is 0 Å². The number of nitrogens with zero attached hydrogens (tertiary/aromatic N) is 3. The van der Waals surface area contributed by atoms with Gasteiger partial charge in [0.25, 0.3) is 5.91 Å². The molecule has 0 spiro atoms. The third kappa shape index (κ3) is 5.71. The average molecular weight is 454 g/mol. The Morgan fingerprint density at radius 3 is 2.29 bits per heavy atom. The van der Waals surface area contributed by atoms with Crippen molar-refractivity contribution >= 4 is 29.1 Å². The number of nitrogens with one attached hydrogen (secondary N) is 4. The lowest BCUT2D eigenvalue weighted by Gasteiger charge is -2.13. The van der Waals surface area contributed by atoms with Crippen molar-refractivity contribution in [2.75, 3.05) is 17.7 Å².